The molecular weight excluding hydrogens is 249 g/mol. The number of halogens is 1. The molecule has 0 radical (unpaired) electrons. The van der Waals surface area contributed by atoms with E-state index >= 15 is 0 Å². The van der Waals surface area contributed by atoms with Gasteiger partial charge in [-0.15, -0.1) is 0 Å². The van der Waals surface area contributed by atoms with Crippen molar-refractivity contribution in [1.29, 1.82) is 0 Å². The summed E-state index contributed by atoms with van der Waals surface area (Å²) in [6.45, 7) is 9.05. The van der Waals surface area contributed by atoms with E-state index in [1.54, 1.807) is 12.1 Å². The van der Waals surface area contributed by atoms with Gasteiger partial charge in [-0.3, -0.25) is 0 Å². The molecule has 1 N–H and O–H groups in total. The van der Waals surface area contributed by atoms with Crippen molar-refractivity contribution in [2.45, 2.75) is 65.5 Å². The highest BCUT2D eigenvalue weighted by atomic mass is 19.1. The molecule has 3 atom stereocenters. The van der Waals surface area contributed by atoms with Gasteiger partial charge in [0.15, 0.2) is 0 Å². The molecule has 20 heavy (non-hydrogen) atoms. The van der Waals surface area contributed by atoms with Crippen LogP contribution in [0.25, 0.3) is 0 Å². The molecule has 1 aromatic rings. The van der Waals surface area contributed by atoms with E-state index in [0.29, 0.717) is 17.4 Å². The Kier molecular flexibility index (Phi) is 4.85. The van der Waals surface area contributed by atoms with E-state index in [1.807, 2.05) is 12.1 Å². The monoisotopic (exact) mass is 277 g/mol. The standard InChI is InChI=1S/C18H28FN/c1-13(14-9-5-7-11-16(14)19)20-17-12-8-6-10-15(17)18(2,3)4/h5,7,9,11,13,15,17,20H,6,8,10,12H2,1-4H3. The van der Waals surface area contributed by atoms with Gasteiger partial charge in [0.1, 0.15) is 5.82 Å². The molecule has 3 unspecified atom stereocenters. The number of hydrogen-bond donors (Lipinski definition) is 1. The van der Waals surface area contributed by atoms with Gasteiger partial charge in [-0.05, 0) is 37.2 Å². The zero-order chi connectivity index (χ0) is 14.8. The summed E-state index contributed by atoms with van der Waals surface area (Å²) in [5.74, 6) is 0.570. The van der Waals surface area contributed by atoms with Crippen LogP contribution in [-0.4, -0.2) is 6.04 Å². The van der Waals surface area contributed by atoms with Gasteiger partial charge in [0, 0.05) is 17.6 Å². The quantitative estimate of drug-likeness (QED) is 0.812. The molecule has 1 saturated carbocycles. The maximum absolute atomic E-state index is 13.9. The molecule has 1 aliphatic rings. The van der Waals surface area contributed by atoms with Crippen LogP contribution in [0.2, 0.25) is 0 Å². The lowest BCUT2D eigenvalue weighted by molar-refractivity contribution is 0.124. The van der Waals surface area contributed by atoms with Crippen molar-refractivity contribution in [2.24, 2.45) is 11.3 Å². The van der Waals surface area contributed by atoms with E-state index in [-0.39, 0.29) is 11.9 Å². The molecule has 0 spiro atoms. The molecule has 0 heterocycles. The normalized spacial score (nSPS) is 25.4. The zero-order valence-corrected chi connectivity index (χ0v) is 13.2. The molecule has 1 fully saturated rings. The van der Waals surface area contributed by atoms with Crippen LogP contribution >= 0.6 is 0 Å². The first-order valence-electron chi connectivity index (χ1n) is 7.90. The van der Waals surface area contributed by atoms with Crippen molar-refractivity contribution in [2.75, 3.05) is 0 Å². The van der Waals surface area contributed by atoms with Gasteiger partial charge in [-0.25, -0.2) is 4.39 Å². The Hall–Kier alpha value is -0.890. The third kappa shape index (κ3) is 3.60. The summed E-state index contributed by atoms with van der Waals surface area (Å²) in [5.41, 5.74) is 1.10. The predicted octanol–water partition coefficient (Wildman–Crippen LogP) is 5.08. The second kappa shape index (κ2) is 6.26. The first-order chi connectivity index (χ1) is 9.39. The average molecular weight is 277 g/mol. The first-order valence-corrected chi connectivity index (χ1v) is 7.90. The van der Waals surface area contributed by atoms with Crippen LogP contribution < -0.4 is 5.32 Å². The van der Waals surface area contributed by atoms with Crippen LogP contribution in [0.3, 0.4) is 0 Å². The highest BCUT2D eigenvalue weighted by molar-refractivity contribution is 5.20. The second-order valence-corrected chi connectivity index (χ2v) is 7.27. The predicted molar refractivity (Wildman–Crippen MR) is 83.2 cm³/mol. The molecule has 0 saturated heterocycles. The average Bonchev–Trinajstić information content (AvgIpc) is 2.38. The van der Waals surface area contributed by atoms with Gasteiger partial charge < -0.3 is 5.32 Å². The minimum absolute atomic E-state index is 0.0733. The molecule has 1 nitrogen and oxygen atoms in total. The Morgan fingerprint density at radius 2 is 1.80 bits per heavy atom. The van der Waals surface area contributed by atoms with E-state index in [1.165, 1.54) is 25.7 Å². The fourth-order valence-corrected chi connectivity index (χ4v) is 3.60. The minimum atomic E-state index is -0.101. The maximum atomic E-state index is 13.9. The number of benzene rings is 1. The van der Waals surface area contributed by atoms with E-state index in [2.05, 4.69) is 33.0 Å². The third-order valence-corrected chi connectivity index (χ3v) is 4.71. The molecule has 0 aliphatic heterocycles. The SMILES string of the molecule is CC(NC1CCCCC1C(C)(C)C)c1ccccc1F. The highest BCUT2D eigenvalue weighted by Gasteiger charge is 2.34. The van der Waals surface area contributed by atoms with Crippen LogP contribution in [0.4, 0.5) is 4.39 Å². The van der Waals surface area contributed by atoms with Crippen LogP contribution in [0.5, 0.6) is 0 Å². The van der Waals surface area contributed by atoms with E-state index in [0.717, 1.165) is 5.56 Å². The summed E-state index contributed by atoms with van der Waals surface area (Å²) in [6, 6.07) is 7.68. The van der Waals surface area contributed by atoms with Gasteiger partial charge in [0.05, 0.1) is 0 Å². The van der Waals surface area contributed by atoms with Crippen LogP contribution in [0.1, 0.15) is 65.0 Å². The number of rotatable bonds is 3. The highest BCUT2D eigenvalue weighted by Crippen LogP contribution is 2.38. The molecule has 1 aromatic carbocycles. The summed E-state index contributed by atoms with van der Waals surface area (Å²) in [7, 11) is 0. The maximum Gasteiger partial charge on any atom is 0.127 e. The van der Waals surface area contributed by atoms with E-state index < -0.39 is 0 Å². The van der Waals surface area contributed by atoms with Crippen molar-refractivity contribution in [1.82, 2.24) is 5.32 Å². The Morgan fingerprint density at radius 1 is 1.15 bits per heavy atom. The molecule has 0 amide bonds. The fourth-order valence-electron chi connectivity index (χ4n) is 3.60. The van der Waals surface area contributed by atoms with Crippen molar-refractivity contribution in [3.63, 3.8) is 0 Å². The van der Waals surface area contributed by atoms with Crippen molar-refractivity contribution < 1.29 is 4.39 Å². The van der Waals surface area contributed by atoms with Gasteiger partial charge in [0.25, 0.3) is 0 Å². The molecule has 1 aliphatic carbocycles. The summed E-state index contributed by atoms with van der Waals surface area (Å²) in [6.07, 6.45) is 5.11. The van der Waals surface area contributed by atoms with Gasteiger partial charge in [-0.1, -0.05) is 51.8 Å². The Balaban J connectivity index is 2.09. The second-order valence-electron chi connectivity index (χ2n) is 7.27. The number of nitrogens with one attached hydrogen (secondary N) is 1. The van der Waals surface area contributed by atoms with Gasteiger partial charge in [0.2, 0.25) is 0 Å². The largest absolute Gasteiger partial charge is 0.307 e. The molecule has 0 bridgehead atoms. The van der Waals surface area contributed by atoms with Crippen molar-refractivity contribution >= 4 is 0 Å². The zero-order valence-electron chi connectivity index (χ0n) is 13.2. The fraction of sp³-hybridized carbons (Fsp3) is 0.667. The molecule has 0 aromatic heterocycles. The van der Waals surface area contributed by atoms with Crippen LogP contribution in [0, 0.1) is 17.2 Å². The Bertz CT molecular complexity index is 435. The summed E-state index contributed by atoms with van der Waals surface area (Å²) in [5, 5.41) is 3.69. The van der Waals surface area contributed by atoms with Crippen molar-refractivity contribution in [3.05, 3.63) is 35.6 Å². The topological polar surface area (TPSA) is 12.0 Å². The van der Waals surface area contributed by atoms with Crippen molar-refractivity contribution in [3.8, 4) is 0 Å². The van der Waals surface area contributed by atoms with Gasteiger partial charge >= 0.3 is 0 Å². The van der Waals surface area contributed by atoms with Gasteiger partial charge in [-0.2, -0.15) is 0 Å². The van der Waals surface area contributed by atoms with Crippen LogP contribution in [-0.2, 0) is 0 Å². The lowest BCUT2D eigenvalue weighted by atomic mass is 9.69. The molecule has 2 heteroatoms. The summed E-state index contributed by atoms with van der Waals surface area (Å²) >= 11 is 0. The first kappa shape index (κ1) is 15.5. The summed E-state index contributed by atoms with van der Waals surface area (Å²) in [4.78, 5) is 0. The Morgan fingerprint density at radius 3 is 2.45 bits per heavy atom. The third-order valence-electron chi connectivity index (χ3n) is 4.71. The minimum Gasteiger partial charge on any atom is -0.307 e. The molecular formula is C18H28FN. The lowest BCUT2D eigenvalue weighted by Crippen LogP contribution is -2.45. The molecule has 112 valence electrons. The van der Waals surface area contributed by atoms with Crippen LogP contribution in [0.15, 0.2) is 24.3 Å². The van der Waals surface area contributed by atoms with E-state index in [9.17, 15) is 4.39 Å². The summed E-state index contributed by atoms with van der Waals surface area (Å²) < 4.78 is 13.9. The molecule has 2 rings (SSSR count). The lowest BCUT2D eigenvalue weighted by Gasteiger charge is -2.42. The van der Waals surface area contributed by atoms with E-state index in [4.69, 9.17) is 0 Å². The smallest absolute Gasteiger partial charge is 0.127 e. The number of hydrogen-bond acceptors (Lipinski definition) is 1. The Labute approximate surface area is 123 Å².